The molecule has 36 heavy (non-hydrogen) atoms. The topological polar surface area (TPSA) is 115 Å². The Hall–Kier alpha value is -4.08. The third-order valence-electron chi connectivity index (χ3n) is 6.18. The highest BCUT2D eigenvalue weighted by molar-refractivity contribution is 7.13. The van der Waals surface area contributed by atoms with Gasteiger partial charge >= 0.3 is 0 Å². The van der Waals surface area contributed by atoms with Crippen LogP contribution >= 0.6 is 11.3 Å². The summed E-state index contributed by atoms with van der Waals surface area (Å²) in [7, 11) is 0. The van der Waals surface area contributed by atoms with Gasteiger partial charge in [0.1, 0.15) is 11.9 Å². The van der Waals surface area contributed by atoms with E-state index in [9.17, 15) is 5.11 Å². The summed E-state index contributed by atoms with van der Waals surface area (Å²) in [6.45, 7) is 2.11. The molecule has 4 N–H and O–H groups in total. The van der Waals surface area contributed by atoms with Crippen LogP contribution in [0.4, 0.5) is 5.69 Å². The molecule has 6 aromatic rings. The molecule has 0 aliphatic carbocycles. The fraction of sp³-hybridized carbons (Fsp3) is 0.185. The van der Waals surface area contributed by atoms with Gasteiger partial charge in [0, 0.05) is 34.0 Å². The molecule has 9 heteroatoms. The Morgan fingerprint density at radius 1 is 1.08 bits per heavy atom. The van der Waals surface area contributed by atoms with Crippen LogP contribution in [0, 0.1) is 0 Å². The van der Waals surface area contributed by atoms with Crippen molar-refractivity contribution in [1.29, 1.82) is 0 Å². The maximum atomic E-state index is 10.2. The summed E-state index contributed by atoms with van der Waals surface area (Å²) >= 11 is 1.70. The Balaban J connectivity index is 1.36. The van der Waals surface area contributed by atoms with Crippen LogP contribution in [0.1, 0.15) is 26.2 Å². The van der Waals surface area contributed by atoms with Gasteiger partial charge in [0.25, 0.3) is 0 Å². The van der Waals surface area contributed by atoms with Gasteiger partial charge in [-0.3, -0.25) is 10.1 Å². The van der Waals surface area contributed by atoms with Gasteiger partial charge in [0.15, 0.2) is 11.5 Å². The molecule has 0 radical (unpaired) electrons. The lowest BCUT2D eigenvalue weighted by Crippen LogP contribution is -2.18. The molecule has 5 heterocycles. The van der Waals surface area contributed by atoms with E-state index in [-0.39, 0.29) is 0 Å². The van der Waals surface area contributed by atoms with Gasteiger partial charge in [-0.25, -0.2) is 9.97 Å². The minimum atomic E-state index is -0.602. The number of aliphatic hydroxyl groups is 1. The lowest BCUT2D eigenvalue weighted by Gasteiger charge is -2.14. The first kappa shape index (κ1) is 22.4. The fourth-order valence-corrected chi connectivity index (χ4v) is 5.11. The maximum absolute atomic E-state index is 10.2. The number of aromatic amines is 2. The molecule has 0 aliphatic rings. The van der Waals surface area contributed by atoms with Gasteiger partial charge < -0.3 is 15.4 Å². The molecule has 6 rings (SSSR count). The van der Waals surface area contributed by atoms with E-state index in [1.807, 2.05) is 30.3 Å². The number of unbranched alkanes of at least 4 members (excludes halogenated alkanes) is 1. The highest BCUT2D eigenvalue weighted by atomic mass is 32.1. The molecule has 1 unspecified atom stereocenters. The molecule has 0 saturated heterocycles. The molecule has 0 aliphatic heterocycles. The number of H-pyrrole nitrogens is 2. The molecule has 0 fully saturated rings. The summed E-state index contributed by atoms with van der Waals surface area (Å²) in [4.78, 5) is 18.5. The molecule has 0 amide bonds. The van der Waals surface area contributed by atoms with Crippen LogP contribution in [-0.4, -0.2) is 41.5 Å². The smallest absolute Gasteiger partial charge is 0.159 e. The van der Waals surface area contributed by atoms with Crippen LogP contribution in [-0.2, 0) is 0 Å². The number of benzene rings is 1. The van der Waals surface area contributed by atoms with Crippen molar-refractivity contribution in [2.45, 2.75) is 32.4 Å². The number of rotatable bonds is 8. The van der Waals surface area contributed by atoms with Crippen molar-refractivity contribution in [3.63, 3.8) is 0 Å². The number of nitrogens with one attached hydrogen (secondary N) is 3. The Kier molecular flexibility index (Phi) is 5.92. The zero-order valence-corrected chi connectivity index (χ0v) is 20.5. The molecule has 1 aromatic carbocycles. The molecule has 180 valence electrons. The number of aromatic nitrogens is 6. The number of thiophene rings is 1. The van der Waals surface area contributed by atoms with E-state index in [0.717, 1.165) is 51.6 Å². The third-order valence-corrected chi connectivity index (χ3v) is 7.08. The zero-order valence-electron chi connectivity index (χ0n) is 19.7. The number of hydrogen-bond donors (Lipinski definition) is 4. The minimum absolute atomic E-state index is 0.602. The number of anilines is 1. The lowest BCUT2D eigenvalue weighted by molar-refractivity contribution is 0.190. The van der Waals surface area contributed by atoms with Gasteiger partial charge in [-0.15, -0.1) is 11.3 Å². The fourth-order valence-electron chi connectivity index (χ4n) is 4.36. The summed E-state index contributed by atoms with van der Waals surface area (Å²) in [5.41, 5.74) is 6.94. The molecule has 5 aromatic heterocycles. The molecular formula is C27H25N7OS. The van der Waals surface area contributed by atoms with Crippen LogP contribution in [0.3, 0.4) is 0 Å². The van der Waals surface area contributed by atoms with Crippen LogP contribution < -0.4 is 5.32 Å². The second-order valence-corrected chi connectivity index (χ2v) is 9.67. The van der Waals surface area contributed by atoms with Crippen LogP contribution in [0.25, 0.3) is 55.2 Å². The summed E-state index contributed by atoms with van der Waals surface area (Å²) in [6, 6.07) is 14.3. The molecule has 1 atom stereocenters. The molecule has 0 bridgehead atoms. The predicted octanol–water partition coefficient (Wildman–Crippen LogP) is 6.21. The number of nitrogens with zero attached hydrogens (tertiary/aromatic N) is 4. The Morgan fingerprint density at radius 3 is 2.86 bits per heavy atom. The summed E-state index contributed by atoms with van der Waals surface area (Å²) < 4.78 is 0. The molecular weight excluding hydrogens is 470 g/mol. The van der Waals surface area contributed by atoms with E-state index in [0.29, 0.717) is 23.6 Å². The van der Waals surface area contributed by atoms with Crippen molar-refractivity contribution in [3.8, 4) is 33.1 Å². The number of pyridine rings is 2. The van der Waals surface area contributed by atoms with E-state index in [1.165, 1.54) is 4.88 Å². The Bertz CT molecular complexity index is 1640. The third kappa shape index (κ3) is 4.23. The second kappa shape index (κ2) is 9.52. The number of para-hydroxylation sites is 1. The summed E-state index contributed by atoms with van der Waals surface area (Å²) in [5, 5.41) is 23.9. The monoisotopic (exact) mass is 495 g/mol. The average molecular weight is 496 g/mol. The van der Waals surface area contributed by atoms with E-state index in [2.05, 4.69) is 54.9 Å². The number of aliphatic hydroxyl groups excluding tert-OH is 1. The SMILES string of the molecule is CCCCC(O)Nc1cncc(-c2cnc3[nH]nc(-c4nc5c(-c6cccs6)cccc5[nH]4)c3c2)c1. The van der Waals surface area contributed by atoms with Crippen molar-refractivity contribution in [2.75, 3.05) is 5.32 Å². The van der Waals surface area contributed by atoms with Crippen molar-refractivity contribution in [2.24, 2.45) is 0 Å². The predicted molar refractivity (Wildman–Crippen MR) is 145 cm³/mol. The van der Waals surface area contributed by atoms with Crippen molar-refractivity contribution in [3.05, 3.63) is 66.4 Å². The van der Waals surface area contributed by atoms with Crippen LogP contribution in [0.2, 0.25) is 0 Å². The van der Waals surface area contributed by atoms with E-state index in [1.54, 1.807) is 29.9 Å². The molecule has 0 saturated carbocycles. The average Bonchev–Trinajstić information content (AvgIpc) is 3.66. The molecule has 8 nitrogen and oxygen atoms in total. The van der Waals surface area contributed by atoms with Crippen molar-refractivity contribution >= 4 is 39.1 Å². The van der Waals surface area contributed by atoms with Gasteiger partial charge in [-0.2, -0.15) is 5.10 Å². The normalized spacial score (nSPS) is 12.4. The van der Waals surface area contributed by atoms with Crippen LogP contribution in [0.15, 0.2) is 66.4 Å². The van der Waals surface area contributed by atoms with Gasteiger partial charge in [0.05, 0.1) is 28.3 Å². The minimum Gasteiger partial charge on any atom is -0.374 e. The number of imidazole rings is 1. The second-order valence-electron chi connectivity index (χ2n) is 8.72. The first-order chi connectivity index (χ1) is 17.7. The number of hydrogen-bond acceptors (Lipinski definition) is 7. The van der Waals surface area contributed by atoms with Gasteiger partial charge in [-0.1, -0.05) is 31.5 Å². The Morgan fingerprint density at radius 2 is 2.00 bits per heavy atom. The van der Waals surface area contributed by atoms with E-state index < -0.39 is 6.23 Å². The van der Waals surface area contributed by atoms with Gasteiger partial charge in [-0.05, 0) is 42.5 Å². The van der Waals surface area contributed by atoms with Gasteiger partial charge in [0.2, 0.25) is 0 Å². The lowest BCUT2D eigenvalue weighted by atomic mass is 10.1. The highest BCUT2D eigenvalue weighted by Gasteiger charge is 2.17. The van der Waals surface area contributed by atoms with E-state index >= 15 is 0 Å². The first-order valence-electron chi connectivity index (χ1n) is 12.0. The van der Waals surface area contributed by atoms with Crippen molar-refractivity contribution in [1.82, 2.24) is 30.1 Å². The largest absolute Gasteiger partial charge is 0.374 e. The van der Waals surface area contributed by atoms with Crippen LogP contribution in [0.5, 0.6) is 0 Å². The molecule has 0 spiro atoms. The quantitative estimate of drug-likeness (QED) is 0.187. The first-order valence-corrected chi connectivity index (χ1v) is 12.8. The zero-order chi connectivity index (χ0) is 24.5. The summed E-state index contributed by atoms with van der Waals surface area (Å²) in [6.07, 6.45) is 7.40. The standard InChI is InChI=1S/C27H25N7OS/c1-2-3-9-23(35)30-18-11-16(13-28-15-18)17-12-20-25(33-34-26(20)29-14-17)27-31-21-7-4-6-19(24(21)32-27)22-8-5-10-36-22/h4-8,10-15,23,30,35H,2-3,9H2,1H3,(H,31,32)(H,29,33,34). The number of fused-ring (bicyclic) bond motifs is 2. The highest BCUT2D eigenvalue weighted by Crippen LogP contribution is 2.34. The maximum Gasteiger partial charge on any atom is 0.159 e. The summed E-state index contributed by atoms with van der Waals surface area (Å²) in [5.74, 6) is 0.687. The van der Waals surface area contributed by atoms with Crippen molar-refractivity contribution < 1.29 is 5.11 Å². The van der Waals surface area contributed by atoms with E-state index in [4.69, 9.17) is 4.98 Å². The Labute approximate surface area is 211 Å².